The molecule has 0 bridgehead atoms. The predicted molar refractivity (Wildman–Crippen MR) is 66.7 cm³/mol. The molecule has 0 aliphatic heterocycles. The zero-order chi connectivity index (χ0) is 13.1. The van der Waals surface area contributed by atoms with Crippen LogP contribution < -0.4 is 0 Å². The second-order valence-corrected chi connectivity index (χ2v) is 3.97. The Morgan fingerprint density at radius 2 is 1.89 bits per heavy atom. The first-order chi connectivity index (χ1) is 8.63. The smallest absolute Gasteiger partial charge is 0.253 e. The minimum atomic E-state index is -0.717. The van der Waals surface area contributed by atoms with E-state index < -0.39 is 11.1 Å². The van der Waals surface area contributed by atoms with Gasteiger partial charge < -0.3 is 0 Å². The SMILES string of the molecule is N#Cc1ccc(-c2ccccc2F)c(C(=O)Cl)c1. The summed E-state index contributed by atoms with van der Waals surface area (Å²) in [6.45, 7) is 0. The minimum Gasteiger partial charge on any atom is -0.276 e. The molecule has 2 aromatic carbocycles. The molecule has 0 spiro atoms. The standard InChI is InChI=1S/C14H7ClFNO/c15-14(18)12-7-9(8-17)5-6-10(12)11-3-1-2-4-13(11)16/h1-7H. The zero-order valence-electron chi connectivity index (χ0n) is 9.15. The molecule has 88 valence electrons. The van der Waals surface area contributed by atoms with E-state index in [4.69, 9.17) is 16.9 Å². The Hall–Kier alpha value is -2.18. The number of benzene rings is 2. The van der Waals surface area contributed by atoms with E-state index in [-0.39, 0.29) is 11.1 Å². The van der Waals surface area contributed by atoms with E-state index in [9.17, 15) is 9.18 Å². The van der Waals surface area contributed by atoms with Crippen LogP contribution in [0.3, 0.4) is 0 Å². The summed E-state index contributed by atoms with van der Waals surface area (Å²) in [4.78, 5) is 11.4. The van der Waals surface area contributed by atoms with Crippen molar-refractivity contribution in [3.63, 3.8) is 0 Å². The molecular formula is C14H7ClFNO. The van der Waals surface area contributed by atoms with Crippen molar-refractivity contribution >= 4 is 16.8 Å². The van der Waals surface area contributed by atoms with Gasteiger partial charge in [0.05, 0.1) is 11.6 Å². The average Bonchev–Trinajstić information content (AvgIpc) is 2.38. The lowest BCUT2D eigenvalue weighted by atomic mass is 9.98. The summed E-state index contributed by atoms with van der Waals surface area (Å²) in [5, 5.41) is 8.06. The van der Waals surface area contributed by atoms with E-state index in [0.717, 1.165) is 0 Å². The fourth-order valence-corrected chi connectivity index (χ4v) is 1.85. The number of hydrogen-bond donors (Lipinski definition) is 0. The van der Waals surface area contributed by atoms with E-state index in [1.54, 1.807) is 18.2 Å². The van der Waals surface area contributed by atoms with Crippen molar-refractivity contribution < 1.29 is 9.18 Å². The van der Waals surface area contributed by atoms with E-state index in [1.807, 2.05) is 6.07 Å². The first-order valence-corrected chi connectivity index (χ1v) is 5.50. The maximum absolute atomic E-state index is 13.7. The summed E-state index contributed by atoms with van der Waals surface area (Å²) in [6.07, 6.45) is 0. The molecule has 18 heavy (non-hydrogen) atoms. The number of halogens is 2. The van der Waals surface area contributed by atoms with Crippen LogP contribution in [0.2, 0.25) is 0 Å². The van der Waals surface area contributed by atoms with Crippen molar-refractivity contribution in [2.75, 3.05) is 0 Å². The average molecular weight is 260 g/mol. The van der Waals surface area contributed by atoms with E-state index >= 15 is 0 Å². The van der Waals surface area contributed by atoms with E-state index in [1.165, 1.54) is 24.3 Å². The summed E-state index contributed by atoms with van der Waals surface area (Å²) < 4.78 is 13.7. The highest BCUT2D eigenvalue weighted by molar-refractivity contribution is 6.68. The van der Waals surface area contributed by atoms with Gasteiger partial charge in [0, 0.05) is 11.1 Å². The Bertz CT molecular complexity index is 661. The van der Waals surface area contributed by atoms with Gasteiger partial charge in [-0.3, -0.25) is 4.79 Å². The highest BCUT2D eigenvalue weighted by Crippen LogP contribution is 2.28. The molecule has 0 N–H and O–H groups in total. The molecule has 2 aromatic rings. The van der Waals surface area contributed by atoms with Crippen LogP contribution >= 0.6 is 11.6 Å². The number of rotatable bonds is 2. The Labute approximate surface area is 108 Å². The van der Waals surface area contributed by atoms with Gasteiger partial charge in [0.1, 0.15) is 5.82 Å². The molecule has 0 aliphatic carbocycles. The Morgan fingerprint density at radius 1 is 1.17 bits per heavy atom. The summed E-state index contributed by atoms with van der Waals surface area (Å²) in [6, 6.07) is 12.4. The molecule has 0 unspecified atom stereocenters. The molecule has 4 heteroatoms. The quantitative estimate of drug-likeness (QED) is 0.771. The highest BCUT2D eigenvalue weighted by Gasteiger charge is 2.14. The van der Waals surface area contributed by atoms with Crippen LogP contribution in [0.15, 0.2) is 42.5 Å². The molecule has 0 saturated carbocycles. The number of nitrogens with zero attached hydrogens (tertiary/aromatic N) is 1. The molecule has 2 nitrogen and oxygen atoms in total. The number of carbonyl (C=O) groups excluding carboxylic acids is 1. The van der Waals surface area contributed by atoms with Gasteiger partial charge in [0.25, 0.3) is 5.24 Å². The second-order valence-electron chi connectivity index (χ2n) is 3.63. The monoisotopic (exact) mass is 259 g/mol. The van der Waals surface area contributed by atoms with Crippen molar-refractivity contribution in [2.24, 2.45) is 0 Å². The molecule has 0 heterocycles. The van der Waals surface area contributed by atoms with Crippen LogP contribution in [0.1, 0.15) is 15.9 Å². The summed E-state index contributed by atoms with van der Waals surface area (Å²) in [5.74, 6) is -0.443. The fourth-order valence-electron chi connectivity index (χ4n) is 1.69. The van der Waals surface area contributed by atoms with Gasteiger partial charge in [-0.05, 0) is 35.4 Å². The maximum atomic E-state index is 13.7. The van der Waals surface area contributed by atoms with Crippen molar-refractivity contribution in [1.82, 2.24) is 0 Å². The summed E-state index contributed by atoms with van der Waals surface area (Å²) in [7, 11) is 0. The molecular weight excluding hydrogens is 253 g/mol. The van der Waals surface area contributed by atoms with E-state index in [0.29, 0.717) is 11.1 Å². The summed E-state index contributed by atoms with van der Waals surface area (Å²) in [5.41, 5.74) is 1.10. The lowest BCUT2D eigenvalue weighted by Gasteiger charge is -2.07. The van der Waals surface area contributed by atoms with Crippen molar-refractivity contribution in [1.29, 1.82) is 5.26 Å². The molecule has 0 amide bonds. The zero-order valence-corrected chi connectivity index (χ0v) is 9.91. The Kier molecular flexibility index (Phi) is 3.40. The van der Waals surface area contributed by atoms with Gasteiger partial charge in [0.15, 0.2) is 0 Å². The largest absolute Gasteiger partial charge is 0.276 e. The van der Waals surface area contributed by atoms with Crippen LogP contribution in [0.5, 0.6) is 0 Å². The predicted octanol–water partition coefficient (Wildman–Crippen LogP) is 3.74. The topological polar surface area (TPSA) is 40.9 Å². The number of hydrogen-bond acceptors (Lipinski definition) is 2. The Balaban J connectivity index is 2.69. The van der Waals surface area contributed by atoms with Crippen LogP contribution in [-0.4, -0.2) is 5.24 Å². The minimum absolute atomic E-state index is 0.126. The van der Waals surface area contributed by atoms with Gasteiger partial charge in [-0.1, -0.05) is 24.3 Å². The summed E-state index contributed by atoms with van der Waals surface area (Å²) >= 11 is 5.47. The van der Waals surface area contributed by atoms with E-state index in [2.05, 4.69) is 0 Å². The third kappa shape index (κ3) is 2.24. The molecule has 0 fully saturated rings. The van der Waals surface area contributed by atoms with Gasteiger partial charge in [-0.15, -0.1) is 0 Å². The normalized spacial score (nSPS) is 9.83. The molecule has 0 aromatic heterocycles. The fraction of sp³-hybridized carbons (Fsp3) is 0. The van der Waals surface area contributed by atoms with Crippen molar-refractivity contribution in [2.45, 2.75) is 0 Å². The van der Waals surface area contributed by atoms with Gasteiger partial charge in [-0.25, -0.2) is 4.39 Å². The van der Waals surface area contributed by atoms with Crippen LogP contribution in [0, 0.1) is 17.1 Å². The lowest BCUT2D eigenvalue weighted by molar-refractivity contribution is 0.108. The third-order valence-corrected chi connectivity index (χ3v) is 2.73. The highest BCUT2D eigenvalue weighted by atomic mass is 35.5. The lowest BCUT2D eigenvalue weighted by Crippen LogP contribution is -1.96. The van der Waals surface area contributed by atoms with Gasteiger partial charge >= 0.3 is 0 Å². The number of carbonyl (C=O) groups is 1. The first-order valence-electron chi connectivity index (χ1n) is 5.12. The van der Waals surface area contributed by atoms with Crippen LogP contribution in [0.25, 0.3) is 11.1 Å². The van der Waals surface area contributed by atoms with Crippen LogP contribution in [-0.2, 0) is 0 Å². The van der Waals surface area contributed by atoms with Gasteiger partial charge in [-0.2, -0.15) is 5.26 Å². The van der Waals surface area contributed by atoms with Crippen molar-refractivity contribution in [3.8, 4) is 17.2 Å². The second kappa shape index (κ2) is 4.99. The van der Waals surface area contributed by atoms with Crippen LogP contribution in [0.4, 0.5) is 4.39 Å². The molecule has 0 saturated heterocycles. The van der Waals surface area contributed by atoms with Gasteiger partial charge in [0.2, 0.25) is 0 Å². The molecule has 2 rings (SSSR count). The molecule has 0 aliphatic rings. The molecule has 0 atom stereocenters. The third-order valence-electron chi connectivity index (χ3n) is 2.52. The van der Waals surface area contributed by atoms with Crippen molar-refractivity contribution in [3.05, 3.63) is 59.4 Å². The first kappa shape index (κ1) is 12.3. The number of nitriles is 1. The Morgan fingerprint density at radius 3 is 2.50 bits per heavy atom. The maximum Gasteiger partial charge on any atom is 0.253 e. The molecule has 0 radical (unpaired) electrons.